The zero-order valence-electron chi connectivity index (χ0n) is 9.43. The van der Waals surface area contributed by atoms with Gasteiger partial charge in [0, 0.05) is 20.7 Å². The molecule has 0 radical (unpaired) electrons. The van der Waals surface area contributed by atoms with Crippen LogP contribution in [0.4, 0.5) is 31.1 Å². The summed E-state index contributed by atoms with van der Waals surface area (Å²) >= 11 is 0. The SMILES string of the molecule is COCCN(C)C(=O)OC(F)(C(F)F)C(F)(F)F. The quantitative estimate of drug-likeness (QED) is 0.726. The van der Waals surface area contributed by atoms with Crippen molar-refractivity contribution < 1.29 is 40.6 Å². The molecule has 0 aromatic heterocycles. The minimum atomic E-state index is -6.03. The highest BCUT2D eigenvalue weighted by molar-refractivity contribution is 5.67. The van der Waals surface area contributed by atoms with Gasteiger partial charge in [-0.25, -0.2) is 13.6 Å². The third-order valence-corrected chi connectivity index (χ3v) is 1.85. The number of hydrogen-bond donors (Lipinski definition) is 0. The van der Waals surface area contributed by atoms with E-state index < -0.39 is 24.5 Å². The van der Waals surface area contributed by atoms with Crippen molar-refractivity contribution in [1.82, 2.24) is 4.90 Å². The third-order valence-electron chi connectivity index (χ3n) is 1.85. The number of alkyl halides is 6. The van der Waals surface area contributed by atoms with Gasteiger partial charge in [0.2, 0.25) is 0 Å². The van der Waals surface area contributed by atoms with E-state index in [1.54, 1.807) is 0 Å². The molecule has 0 aliphatic rings. The highest BCUT2D eigenvalue weighted by Gasteiger charge is 2.67. The average Bonchev–Trinajstić information content (AvgIpc) is 2.23. The van der Waals surface area contributed by atoms with Gasteiger partial charge in [-0.05, 0) is 0 Å². The van der Waals surface area contributed by atoms with Gasteiger partial charge in [0.05, 0.1) is 6.61 Å². The van der Waals surface area contributed by atoms with Crippen LogP contribution in [0.1, 0.15) is 0 Å². The van der Waals surface area contributed by atoms with Crippen LogP contribution in [0.2, 0.25) is 0 Å². The lowest BCUT2D eigenvalue weighted by Crippen LogP contribution is -2.52. The third kappa shape index (κ3) is 3.93. The normalized spacial score (nSPS) is 15.4. The molecule has 1 unspecified atom stereocenters. The van der Waals surface area contributed by atoms with Crippen molar-refractivity contribution in [3.63, 3.8) is 0 Å². The van der Waals surface area contributed by atoms with Crippen molar-refractivity contribution in [2.45, 2.75) is 18.5 Å². The van der Waals surface area contributed by atoms with Gasteiger partial charge in [0.1, 0.15) is 0 Å². The molecular weight excluding hydrogens is 272 g/mol. The zero-order valence-corrected chi connectivity index (χ0v) is 9.43. The van der Waals surface area contributed by atoms with Crippen LogP contribution in [0.3, 0.4) is 0 Å². The number of rotatable bonds is 5. The fraction of sp³-hybridized carbons (Fsp3) is 0.875. The lowest BCUT2D eigenvalue weighted by Gasteiger charge is -2.28. The summed E-state index contributed by atoms with van der Waals surface area (Å²) in [5.74, 6) is -5.33. The number of methoxy groups -OCH3 is 1. The Kier molecular flexibility index (Phi) is 5.71. The van der Waals surface area contributed by atoms with E-state index >= 15 is 0 Å². The Bertz CT molecular complexity index is 284. The predicted molar refractivity (Wildman–Crippen MR) is 46.9 cm³/mol. The van der Waals surface area contributed by atoms with E-state index in [2.05, 4.69) is 9.47 Å². The van der Waals surface area contributed by atoms with Crippen LogP contribution < -0.4 is 0 Å². The van der Waals surface area contributed by atoms with Gasteiger partial charge >= 0.3 is 24.5 Å². The number of ether oxygens (including phenoxy) is 2. The van der Waals surface area contributed by atoms with Gasteiger partial charge < -0.3 is 14.4 Å². The summed E-state index contributed by atoms with van der Waals surface area (Å²) < 4.78 is 80.9. The van der Waals surface area contributed by atoms with Crippen LogP contribution in [-0.2, 0) is 9.47 Å². The number of carbonyl (C=O) groups excluding carboxylic acids is 1. The van der Waals surface area contributed by atoms with Gasteiger partial charge in [-0.15, -0.1) is 0 Å². The minimum Gasteiger partial charge on any atom is -0.398 e. The van der Waals surface area contributed by atoms with E-state index in [4.69, 9.17) is 0 Å². The van der Waals surface area contributed by atoms with Gasteiger partial charge in [-0.3, -0.25) is 0 Å². The molecule has 18 heavy (non-hydrogen) atoms. The Balaban J connectivity index is 4.76. The predicted octanol–water partition coefficient (Wildman–Crippen LogP) is 2.19. The smallest absolute Gasteiger partial charge is 0.398 e. The van der Waals surface area contributed by atoms with Crippen molar-refractivity contribution in [2.24, 2.45) is 0 Å². The molecule has 0 spiro atoms. The molecule has 4 nitrogen and oxygen atoms in total. The first kappa shape index (κ1) is 16.8. The van der Waals surface area contributed by atoms with Crippen molar-refractivity contribution in [3.8, 4) is 0 Å². The van der Waals surface area contributed by atoms with Crippen LogP contribution in [0, 0.1) is 0 Å². The van der Waals surface area contributed by atoms with E-state index in [1.165, 1.54) is 7.11 Å². The maximum absolute atomic E-state index is 13.0. The molecule has 0 N–H and O–H groups in total. The topological polar surface area (TPSA) is 38.8 Å². The van der Waals surface area contributed by atoms with Crippen molar-refractivity contribution in [1.29, 1.82) is 0 Å². The second-order valence-electron chi connectivity index (χ2n) is 3.23. The van der Waals surface area contributed by atoms with Crippen LogP contribution >= 0.6 is 0 Å². The van der Waals surface area contributed by atoms with E-state index in [9.17, 15) is 31.1 Å². The second kappa shape index (κ2) is 6.12. The molecule has 1 atom stereocenters. The maximum atomic E-state index is 13.0. The number of nitrogens with zero attached hydrogens (tertiary/aromatic N) is 1. The van der Waals surface area contributed by atoms with E-state index in [1.807, 2.05) is 0 Å². The zero-order chi connectivity index (χ0) is 14.6. The highest BCUT2D eigenvalue weighted by atomic mass is 19.4. The first-order valence-corrected chi connectivity index (χ1v) is 4.53. The number of amides is 1. The molecule has 108 valence electrons. The monoisotopic (exact) mass is 283 g/mol. The largest absolute Gasteiger partial charge is 0.466 e. The first-order valence-electron chi connectivity index (χ1n) is 4.53. The number of likely N-dealkylation sites (N-methyl/N-ethyl adjacent to an activating group) is 1. The molecule has 0 bridgehead atoms. The second-order valence-corrected chi connectivity index (χ2v) is 3.23. The summed E-state index contributed by atoms with van der Waals surface area (Å²) in [7, 11) is 2.19. The van der Waals surface area contributed by atoms with Crippen LogP contribution in [-0.4, -0.2) is 56.8 Å². The minimum absolute atomic E-state index is 0.0778. The number of hydrogen-bond acceptors (Lipinski definition) is 3. The van der Waals surface area contributed by atoms with E-state index in [0.29, 0.717) is 4.90 Å². The Labute approximate surface area is 98.4 Å². The molecule has 10 heteroatoms. The average molecular weight is 283 g/mol. The standard InChI is InChI=1S/C8H11F6NO3/c1-15(3-4-17-2)6(16)18-7(11,5(9)10)8(12,13)14/h5H,3-4H2,1-2H3. The van der Waals surface area contributed by atoms with Gasteiger partial charge in [-0.2, -0.15) is 17.6 Å². The fourth-order valence-corrected chi connectivity index (χ4v) is 0.751. The summed E-state index contributed by atoms with van der Waals surface area (Å²) in [5, 5.41) is 0. The van der Waals surface area contributed by atoms with Crippen LogP contribution in [0.5, 0.6) is 0 Å². The Morgan fingerprint density at radius 1 is 1.28 bits per heavy atom. The number of carbonyl (C=O) groups is 1. The molecular formula is C8H11F6NO3. The lowest BCUT2D eigenvalue weighted by molar-refractivity contribution is -0.351. The van der Waals surface area contributed by atoms with Crippen molar-refractivity contribution >= 4 is 6.09 Å². The molecule has 0 saturated heterocycles. The molecule has 0 aromatic rings. The summed E-state index contributed by atoms with van der Waals surface area (Å²) in [4.78, 5) is 11.5. The van der Waals surface area contributed by atoms with Crippen molar-refractivity contribution in [2.75, 3.05) is 27.3 Å². The summed E-state index contributed by atoms with van der Waals surface area (Å²) in [5.41, 5.74) is 0. The highest BCUT2D eigenvalue weighted by Crippen LogP contribution is 2.40. The first-order chi connectivity index (χ1) is 8.06. The summed E-state index contributed by atoms with van der Waals surface area (Å²) in [6.45, 7) is -0.321. The van der Waals surface area contributed by atoms with E-state index in [0.717, 1.165) is 7.05 Å². The lowest BCUT2D eigenvalue weighted by atomic mass is 10.3. The molecule has 0 heterocycles. The molecule has 0 aliphatic heterocycles. The van der Waals surface area contributed by atoms with Gasteiger partial charge in [-0.1, -0.05) is 0 Å². The van der Waals surface area contributed by atoms with Crippen molar-refractivity contribution in [3.05, 3.63) is 0 Å². The Morgan fingerprint density at radius 3 is 2.11 bits per heavy atom. The molecule has 0 aromatic carbocycles. The molecule has 0 aliphatic carbocycles. The molecule has 0 fully saturated rings. The molecule has 0 saturated carbocycles. The van der Waals surface area contributed by atoms with Crippen LogP contribution in [0.15, 0.2) is 0 Å². The van der Waals surface area contributed by atoms with Gasteiger partial charge in [0.25, 0.3) is 0 Å². The number of halogens is 6. The fourth-order valence-electron chi connectivity index (χ4n) is 0.751. The van der Waals surface area contributed by atoms with Gasteiger partial charge in [0.15, 0.2) is 0 Å². The van der Waals surface area contributed by atoms with E-state index in [-0.39, 0.29) is 13.2 Å². The van der Waals surface area contributed by atoms with Crippen LogP contribution in [0.25, 0.3) is 0 Å². The summed E-state index contributed by atoms with van der Waals surface area (Å²) in [6.07, 6.45) is -12.4. The summed E-state index contributed by atoms with van der Waals surface area (Å²) in [6, 6.07) is 0. The molecule has 1 amide bonds. The Morgan fingerprint density at radius 2 is 1.78 bits per heavy atom. The maximum Gasteiger partial charge on any atom is 0.466 e. The molecule has 0 rings (SSSR count). The Hall–Kier alpha value is -1.19.